The summed E-state index contributed by atoms with van der Waals surface area (Å²) < 4.78 is 10.4. The molecule has 0 radical (unpaired) electrons. The summed E-state index contributed by atoms with van der Waals surface area (Å²) in [6, 6.07) is 6.51. The van der Waals surface area contributed by atoms with E-state index in [2.05, 4.69) is 6.92 Å². The van der Waals surface area contributed by atoms with E-state index in [0.29, 0.717) is 6.61 Å². The first-order chi connectivity index (χ1) is 11.6. The van der Waals surface area contributed by atoms with Crippen LogP contribution in [0, 0.1) is 0 Å². The molecule has 0 bridgehead atoms. The maximum atomic E-state index is 12.2. The fraction of sp³-hybridized carbons (Fsp3) is 0.579. The van der Waals surface area contributed by atoms with Crippen LogP contribution in [0.15, 0.2) is 24.3 Å². The van der Waals surface area contributed by atoms with Gasteiger partial charge >= 0.3 is 11.9 Å². The summed E-state index contributed by atoms with van der Waals surface area (Å²) in [4.78, 5) is 24.2. The van der Waals surface area contributed by atoms with E-state index in [4.69, 9.17) is 21.1 Å². The summed E-state index contributed by atoms with van der Waals surface area (Å²) in [5.74, 6) is -1.05. The van der Waals surface area contributed by atoms with Gasteiger partial charge in [-0.15, -0.1) is 11.6 Å². The van der Waals surface area contributed by atoms with Crippen molar-refractivity contribution in [1.82, 2.24) is 0 Å². The maximum Gasteiger partial charge on any atom is 0.339 e. The van der Waals surface area contributed by atoms with Gasteiger partial charge in [0.2, 0.25) is 0 Å². The van der Waals surface area contributed by atoms with Crippen molar-refractivity contribution in [2.45, 2.75) is 57.7 Å². The quantitative estimate of drug-likeness (QED) is 0.319. The molecule has 0 aliphatic rings. The van der Waals surface area contributed by atoms with Gasteiger partial charge in [0.15, 0.2) is 0 Å². The van der Waals surface area contributed by atoms with Crippen molar-refractivity contribution in [2.24, 2.45) is 0 Å². The lowest BCUT2D eigenvalue weighted by atomic mass is 10.1. The molecule has 24 heavy (non-hydrogen) atoms. The van der Waals surface area contributed by atoms with Gasteiger partial charge in [-0.1, -0.05) is 51.2 Å². The van der Waals surface area contributed by atoms with E-state index in [9.17, 15) is 9.59 Å². The molecule has 134 valence electrons. The van der Waals surface area contributed by atoms with Crippen molar-refractivity contribution < 1.29 is 19.1 Å². The third-order valence-corrected chi connectivity index (χ3v) is 3.67. The highest BCUT2D eigenvalue weighted by Crippen LogP contribution is 2.13. The van der Waals surface area contributed by atoms with Crippen LogP contribution in [-0.4, -0.2) is 30.5 Å². The molecule has 1 unspecified atom stereocenters. The second-order valence-electron chi connectivity index (χ2n) is 5.83. The van der Waals surface area contributed by atoms with Crippen LogP contribution in [0.25, 0.3) is 0 Å². The van der Waals surface area contributed by atoms with Crippen LogP contribution < -0.4 is 0 Å². The zero-order chi connectivity index (χ0) is 17.8. The second-order valence-corrected chi connectivity index (χ2v) is 6.57. The van der Waals surface area contributed by atoms with Crippen LogP contribution in [0.2, 0.25) is 0 Å². The number of unbranched alkanes of at least 4 members (excludes halogenated alkanes) is 5. The number of esters is 2. The van der Waals surface area contributed by atoms with Crippen molar-refractivity contribution in [3.63, 3.8) is 0 Å². The van der Waals surface area contributed by atoms with Crippen molar-refractivity contribution in [2.75, 3.05) is 13.2 Å². The van der Waals surface area contributed by atoms with E-state index >= 15 is 0 Å². The smallest absolute Gasteiger partial charge is 0.339 e. The van der Waals surface area contributed by atoms with Gasteiger partial charge in [-0.2, -0.15) is 0 Å². The van der Waals surface area contributed by atoms with Crippen LogP contribution in [-0.2, 0) is 9.47 Å². The van der Waals surface area contributed by atoms with Crippen LogP contribution in [0.5, 0.6) is 0 Å². The van der Waals surface area contributed by atoms with Gasteiger partial charge in [-0.05, 0) is 25.5 Å². The fourth-order valence-electron chi connectivity index (χ4n) is 2.23. The lowest BCUT2D eigenvalue weighted by Crippen LogP contribution is -2.17. The first-order valence-electron chi connectivity index (χ1n) is 8.63. The Balaban J connectivity index is 2.48. The number of carbonyl (C=O) groups is 2. The van der Waals surface area contributed by atoms with Crippen LogP contribution >= 0.6 is 11.6 Å². The number of carbonyl (C=O) groups excluding carboxylic acids is 2. The molecule has 1 rings (SSSR count). The van der Waals surface area contributed by atoms with Gasteiger partial charge in [0.05, 0.1) is 23.1 Å². The van der Waals surface area contributed by atoms with E-state index < -0.39 is 11.9 Å². The van der Waals surface area contributed by atoms with Crippen molar-refractivity contribution in [1.29, 1.82) is 0 Å². The lowest BCUT2D eigenvalue weighted by molar-refractivity contribution is 0.0455. The largest absolute Gasteiger partial charge is 0.462 e. The molecule has 0 saturated heterocycles. The molecule has 1 atom stereocenters. The van der Waals surface area contributed by atoms with Crippen molar-refractivity contribution >= 4 is 23.5 Å². The van der Waals surface area contributed by atoms with E-state index in [1.165, 1.54) is 19.3 Å². The molecule has 0 aliphatic carbocycles. The lowest BCUT2D eigenvalue weighted by Gasteiger charge is -2.10. The number of halogens is 1. The van der Waals surface area contributed by atoms with Gasteiger partial charge in [-0.25, -0.2) is 9.59 Å². The summed E-state index contributed by atoms with van der Waals surface area (Å²) in [7, 11) is 0. The molecule has 0 aliphatic heterocycles. The average Bonchev–Trinajstić information content (AvgIpc) is 2.58. The molecule has 0 fully saturated rings. The monoisotopic (exact) mass is 354 g/mol. The summed E-state index contributed by atoms with van der Waals surface area (Å²) in [6.45, 7) is 4.38. The third kappa shape index (κ3) is 7.82. The van der Waals surface area contributed by atoms with Crippen molar-refractivity contribution in [3.8, 4) is 0 Å². The molecule has 0 heterocycles. The number of hydrogen-bond donors (Lipinski definition) is 0. The van der Waals surface area contributed by atoms with Gasteiger partial charge in [-0.3, -0.25) is 0 Å². The second kappa shape index (κ2) is 11.9. The summed E-state index contributed by atoms with van der Waals surface area (Å²) in [6.07, 6.45) is 6.72. The maximum absolute atomic E-state index is 12.2. The van der Waals surface area contributed by atoms with Crippen LogP contribution in [0.1, 0.15) is 73.1 Å². The number of alkyl halides is 1. The molecule has 5 heteroatoms. The van der Waals surface area contributed by atoms with Gasteiger partial charge in [0, 0.05) is 0 Å². The van der Waals surface area contributed by atoms with Crippen LogP contribution in [0.3, 0.4) is 0 Å². The molecular weight excluding hydrogens is 328 g/mol. The Morgan fingerprint density at radius 2 is 1.50 bits per heavy atom. The zero-order valence-electron chi connectivity index (χ0n) is 14.6. The average molecular weight is 355 g/mol. The van der Waals surface area contributed by atoms with Gasteiger partial charge < -0.3 is 9.47 Å². The number of benzene rings is 1. The Hall–Kier alpha value is -1.55. The van der Waals surface area contributed by atoms with Crippen LogP contribution in [0.4, 0.5) is 0 Å². The fourth-order valence-corrected chi connectivity index (χ4v) is 2.30. The summed E-state index contributed by atoms with van der Waals surface area (Å²) in [5, 5.41) is -0.277. The number of hydrogen-bond acceptors (Lipinski definition) is 4. The molecule has 0 spiro atoms. The van der Waals surface area contributed by atoms with E-state index in [1.807, 2.05) is 0 Å². The topological polar surface area (TPSA) is 52.6 Å². The predicted molar refractivity (Wildman–Crippen MR) is 95.7 cm³/mol. The van der Waals surface area contributed by atoms with E-state index in [1.54, 1.807) is 31.2 Å². The van der Waals surface area contributed by atoms with Gasteiger partial charge in [0.1, 0.15) is 6.61 Å². The summed E-state index contributed by atoms with van der Waals surface area (Å²) in [5.41, 5.74) is 0.443. The molecule has 0 N–H and O–H groups in total. The Labute approximate surface area is 149 Å². The highest BCUT2D eigenvalue weighted by Gasteiger charge is 2.19. The predicted octanol–water partition coefficient (Wildman–Crippen LogP) is 4.99. The highest BCUT2D eigenvalue weighted by molar-refractivity contribution is 6.20. The standard InChI is InChI=1S/C19H27ClO4/c1-3-4-5-6-7-10-13-23-18(21)16-11-8-9-12-17(16)19(22)24-14-15(2)20/h8-9,11-12,15H,3-7,10,13-14H2,1-2H3. The Bertz CT molecular complexity index is 514. The first-order valence-corrected chi connectivity index (χ1v) is 9.07. The molecule has 1 aromatic rings. The molecule has 0 saturated carbocycles. The third-order valence-electron chi connectivity index (χ3n) is 3.54. The molecule has 1 aromatic carbocycles. The zero-order valence-corrected chi connectivity index (χ0v) is 15.3. The summed E-state index contributed by atoms with van der Waals surface area (Å²) >= 11 is 5.77. The van der Waals surface area contributed by atoms with E-state index in [0.717, 1.165) is 19.3 Å². The Morgan fingerprint density at radius 1 is 0.958 bits per heavy atom. The molecule has 4 nitrogen and oxygen atoms in total. The highest BCUT2D eigenvalue weighted by atomic mass is 35.5. The molecule has 0 amide bonds. The number of ether oxygens (including phenoxy) is 2. The normalized spacial score (nSPS) is 11.8. The minimum Gasteiger partial charge on any atom is -0.462 e. The Kier molecular flexibility index (Phi) is 10.2. The molecule has 0 aromatic heterocycles. The van der Waals surface area contributed by atoms with E-state index in [-0.39, 0.29) is 23.1 Å². The minimum atomic E-state index is -0.561. The van der Waals surface area contributed by atoms with Crippen molar-refractivity contribution in [3.05, 3.63) is 35.4 Å². The molecular formula is C19H27ClO4. The SMILES string of the molecule is CCCCCCCCOC(=O)c1ccccc1C(=O)OCC(C)Cl. The minimum absolute atomic E-state index is 0.0987. The first kappa shape index (κ1) is 20.5. The number of rotatable bonds is 11. The Morgan fingerprint density at radius 3 is 2.08 bits per heavy atom. The van der Waals surface area contributed by atoms with Gasteiger partial charge in [0.25, 0.3) is 0 Å².